The molecule has 0 saturated heterocycles. The highest BCUT2D eigenvalue weighted by atomic mass is 16.1. The second kappa shape index (κ2) is 4.28. The number of amides is 1. The summed E-state index contributed by atoms with van der Waals surface area (Å²) < 4.78 is 0. The molecular formula is C7H16N2O. The van der Waals surface area contributed by atoms with Gasteiger partial charge in [-0.15, -0.1) is 0 Å². The molecule has 0 spiro atoms. The van der Waals surface area contributed by atoms with Crippen molar-refractivity contribution in [2.24, 2.45) is 11.7 Å². The third kappa shape index (κ3) is 5.56. The van der Waals surface area contributed by atoms with Crippen LogP contribution < -0.4 is 11.1 Å². The summed E-state index contributed by atoms with van der Waals surface area (Å²) in [6, 6.07) is 0. The fourth-order valence-electron chi connectivity index (χ4n) is 0.828. The Balaban J connectivity index is 3.43. The number of nitrogens with two attached hydrogens (primary N) is 1. The van der Waals surface area contributed by atoms with E-state index in [1.807, 2.05) is 0 Å². The number of rotatable bonds is 3. The van der Waals surface area contributed by atoms with E-state index in [1.165, 1.54) is 6.92 Å². The molecule has 60 valence electrons. The third-order valence-corrected chi connectivity index (χ3v) is 1.11. The third-order valence-electron chi connectivity index (χ3n) is 1.11. The maximum absolute atomic E-state index is 10.4. The van der Waals surface area contributed by atoms with Crippen LogP contribution in [0.5, 0.6) is 0 Å². The molecule has 0 aromatic carbocycles. The van der Waals surface area contributed by atoms with Crippen molar-refractivity contribution >= 4 is 5.91 Å². The molecule has 3 heteroatoms. The predicted molar refractivity (Wildman–Crippen MR) is 41.2 cm³/mol. The van der Waals surface area contributed by atoms with Gasteiger partial charge in [-0.25, -0.2) is 0 Å². The van der Waals surface area contributed by atoms with Gasteiger partial charge in [0.25, 0.3) is 0 Å². The van der Waals surface area contributed by atoms with Crippen LogP contribution in [0.4, 0.5) is 0 Å². The molecule has 10 heavy (non-hydrogen) atoms. The van der Waals surface area contributed by atoms with Crippen LogP contribution in [0, 0.1) is 5.92 Å². The molecule has 0 heterocycles. The first kappa shape index (κ1) is 9.43. The molecule has 0 bridgehead atoms. The Bertz CT molecular complexity index is 112. The molecule has 0 fully saturated rings. The molecule has 1 amide bonds. The lowest BCUT2D eigenvalue weighted by atomic mass is 10.1. The van der Waals surface area contributed by atoms with Crippen molar-refractivity contribution < 1.29 is 4.79 Å². The lowest BCUT2D eigenvalue weighted by Crippen LogP contribution is -2.41. The van der Waals surface area contributed by atoms with Gasteiger partial charge in [-0.05, 0) is 12.3 Å². The molecule has 0 aliphatic carbocycles. The maximum Gasteiger partial charge on any atom is 0.218 e. The molecule has 3 nitrogen and oxygen atoms in total. The second-order valence-corrected chi connectivity index (χ2v) is 2.94. The van der Waals surface area contributed by atoms with Crippen LogP contribution >= 0.6 is 0 Å². The molecule has 0 aliphatic heterocycles. The zero-order chi connectivity index (χ0) is 8.15. The monoisotopic (exact) mass is 144 g/mol. The lowest BCUT2D eigenvalue weighted by Gasteiger charge is -2.13. The highest BCUT2D eigenvalue weighted by molar-refractivity contribution is 5.73. The van der Waals surface area contributed by atoms with Crippen molar-refractivity contribution in [3.05, 3.63) is 0 Å². The van der Waals surface area contributed by atoms with Crippen LogP contribution in [-0.4, -0.2) is 12.1 Å². The summed E-state index contributed by atoms with van der Waals surface area (Å²) in [7, 11) is 0. The Morgan fingerprint density at radius 3 is 2.40 bits per heavy atom. The summed E-state index contributed by atoms with van der Waals surface area (Å²) in [4.78, 5) is 10.4. The molecular weight excluding hydrogens is 128 g/mol. The van der Waals surface area contributed by atoms with E-state index in [2.05, 4.69) is 19.2 Å². The second-order valence-electron chi connectivity index (χ2n) is 2.94. The van der Waals surface area contributed by atoms with Crippen LogP contribution in [0.25, 0.3) is 0 Å². The van der Waals surface area contributed by atoms with Gasteiger partial charge in [0, 0.05) is 6.92 Å². The topological polar surface area (TPSA) is 55.1 Å². The average Bonchev–Trinajstić information content (AvgIpc) is 1.58. The van der Waals surface area contributed by atoms with Crippen molar-refractivity contribution in [2.75, 3.05) is 0 Å². The van der Waals surface area contributed by atoms with E-state index < -0.39 is 0 Å². The minimum atomic E-state index is -0.183. The number of nitrogens with one attached hydrogen (secondary N) is 1. The van der Waals surface area contributed by atoms with E-state index in [0.717, 1.165) is 6.42 Å². The molecule has 3 N–H and O–H groups in total. The van der Waals surface area contributed by atoms with Gasteiger partial charge in [-0.1, -0.05) is 13.8 Å². The molecule has 0 saturated carbocycles. The Morgan fingerprint density at radius 1 is 1.60 bits per heavy atom. The van der Waals surface area contributed by atoms with Crippen LogP contribution in [-0.2, 0) is 4.79 Å². The van der Waals surface area contributed by atoms with Crippen LogP contribution in [0.3, 0.4) is 0 Å². The summed E-state index contributed by atoms with van der Waals surface area (Å²) in [5, 5.41) is 2.61. The van der Waals surface area contributed by atoms with E-state index in [9.17, 15) is 4.79 Å². The SMILES string of the molecule is CC(=O)N[C@H](N)CC(C)C. The number of hydrogen-bond donors (Lipinski definition) is 2. The average molecular weight is 144 g/mol. The number of carbonyl (C=O) groups excluding carboxylic acids is 1. The Labute approximate surface area is 62.0 Å². The van der Waals surface area contributed by atoms with Gasteiger partial charge in [0.15, 0.2) is 0 Å². The Morgan fingerprint density at radius 2 is 2.10 bits per heavy atom. The van der Waals surface area contributed by atoms with E-state index in [1.54, 1.807) is 0 Å². The molecule has 1 atom stereocenters. The fourth-order valence-corrected chi connectivity index (χ4v) is 0.828. The summed E-state index contributed by atoms with van der Waals surface area (Å²) >= 11 is 0. The molecule has 0 aromatic rings. The standard InChI is InChI=1S/C7H16N2O/c1-5(2)4-7(8)9-6(3)10/h5,7H,4,8H2,1-3H3,(H,9,10)/t7-/m0/s1. The van der Waals surface area contributed by atoms with E-state index in [0.29, 0.717) is 5.92 Å². The van der Waals surface area contributed by atoms with Gasteiger partial charge >= 0.3 is 0 Å². The van der Waals surface area contributed by atoms with Crippen molar-refractivity contribution in [3.8, 4) is 0 Å². The van der Waals surface area contributed by atoms with Gasteiger partial charge < -0.3 is 11.1 Å². The molecule has 0 aromatic heterocycles. The zero-order valence-electron chi connectivity index (χ0n) is 6.85. The summed E-state index contributed by atoms with van der Waals surface area (Å²) in [5.41, 5.74) is 5.54. The zero-order valence-corrected chi connectivity index (χ0v) is 6.85. The van der Waals surface area contributed by atoms with E-state index in [-0.39, 0.29) is 12.1 Å². The van der Waals surface area contributed by atoms with Crippen LogP contribution in [0.2, 0.25) is 0 Å². The van der Waals surface area contributed by atoms with E-state index >= 15 is 0 Å². The molecule has 0 aliphatic rings. The summed E-state index contributed by atoms with van der Waals surface area (Å²) in [5.74, 6) is 0.468. The first-order chi connectivity index (χ1) is 4.52. The quantitative estimate of drug-likeness (QED) is 0.565. The first-order valence-corrected chi connectivity index (χ1v) is 3.55. The van der Waals surface area contributed by atoms with Crippen molar-refractivity contribution in [1.82, 2.24) is 5.32 Å². The van der Waals surface area contributed by atoms with Gasteiger partial charge in [-0.2, -0.15) is 0 Å². The minimum Gasteiger partial charge on any atom is -0.341 e. The van der Waals surface area contributed by atoms with Crippen molar-refractivity contribution in [3.63, 3.8) is 0 Å². The maximum atomic E-state index is 10.4. The number of carbonyl (C=O) groups is 1. The lowest BCUT2D eigenvalue weighted by molar-refractivity contribution is -0.119. The largest absolute Gasteiger partial charge is 0.341 e. The fraction of sp³-hybridized carbons (Fsp3) is 0.857. The first-order valence-electron chi connectivity index (χ1n) is 3.55. The smallest absolute Gasteiger partial charge is 0.218 e. The number of hydrogen-bond acceptors (Lipinski definition) is 2. The Hall–Kier alpha value is -0.570. The molecule has 0 unspecified atom stereocenters. The summed E-state index contributed by atoms with van der Waals surface area (Å²) in [6.45, 7) is 5.61. The molecule has 0 rings (SSSR count). The van der Waals surface area contributed by atoms with Gasteiger partial charge in [0.1, 0.15) is 0 Å². The predicted octanol–water partition coefficient (Wildman–Crippen LogP) is 0.453. The van der Waals surface area contributed by atoms with Gasteiger partial charge in [0.2, 0.25) is 5.91 Å². The highest BCUT2D eigenvalue weighted by Gasteiger charge is 2.04. The van der Waals surface area contributed by atoms with Gasteiger partial charge in [-0.3, -0.25) is 4.79 Å². The van der Waals surface area contributed by atoms with Crippen LogP contribution in [0.15, 0.2) is 0 Å². The molecule has 0 radical (unpaired) electrons. The van der Waals surface area contributed by atoms with Gasteiger partial charge in [0.05, 0.1) is 6.17 Å². The summed E-state index contributed by atoms with van der Waals surface area (Å²) in [6.07, 6.45) is 0.650. The van der Waals surface area contributed by atoms with Crippen molar-refractivity contribution in [2.45, 2.75) is 33.4 Å². The van der Waals surface area contributed by atoms with E-state index in [4.69, 9.17) is 5.73 Å². The normalized spacial score (nSPS) is 13.3. The Kier molecular flexibility index (Phi) is 4.03. The highest BCUT2D eigenvalue weighted by Crippen LogP contribution is 1.99. The van der Waals surface area contributed by atoms with Crippen molar-refractivity contribution in [1.29, 1.82) is 0 Å². The minimum absolute atomic E-state index is 0.0619. The van der Waals surface area contributed by atoms with Crippen LogP contribution in [0.1, 0.15) is 27.2 Å².